The summed E-state index contributed by atoms with van der Waals surface area (Å²) in [7, 11) is 0. The molecule has 1 aliphatic carbocycles. The van der Waals surface area contributed by atoms with Crippen LogP contribution in [0.3, 0.4) is 0 Å². The van der Waals surface area contributed by atoms with Crippen LogP contribution in [0.25, 0.3) is 0 Å². The van der Waals surface area contributed by atoms with Gasteiger partial charge in [0.15, 0.2) is 0 Å². The Kier molecular flexibility index (Phi) is 2.68. The summed E-state index contributed by atoms with van der Waals surface area (Å²) in [6.07, 6.45) is 3.36. The first-order valence-electron chi connectivity index (χ1n) is 4.21. The Morgan fingerprint density at radius 3 is 1.50 bits per heavy atom. The SMILES string of the molecule is NC(=O)[C@@H]1CCCC[C@H]1C(N)=O. The van der Waals surface area contributed by atoms with Crippen molar-refractivity contribution >= 4 is 11.8 Å². The highest BCUT2D eigenvalue weighted by Crippen LogP contribution is 2.29. The number of carbonyl (C=O) groups excluding carboxylic acids is 2. The fraction of sp³-hybridized carbons (Fsp3) is 0.750. The van der Waals surface area contributed by atoms with E-state index < -0.39 is 11.8 Å². The maximum atomic E-state index is 10.9. The number of hydrogen-bond acceptors (Lipinski definition) is 2. The summed E-state index contributed by atoms with van der Waals surface area (Å²) < 4.78 is 0. The number of rotatable bonds is 2. The molecule has 1 saturated carbocycles. The van der Waals surface area contributed by atoms with Gasteiger partial charge in [0.05, 0.1) is 0 Å². The zero-order chi connectivity index (χ0) is 9.14. The topological polar surface area (TPSA) is 86.2 Å². The van der Waals surface area contributed by atoms with Gasteiger partial charge in [0.25, 0.3) is 0 Å². The Labute approximate surface area is 71.3 Å². The molecule has 12 heavy (non-hydrogen) atoms. The minimum absolute atomic E-state index is 0.323. The molecule has 4 heteroatoms. The molecule has 0 aromatic carbocycles. The molecule has 0 aromatic rings. The molecule has 1 rings (SSSR count). The van der Waals surface area contributed by atoms with Crippen LogP contribution in [0.2, 0.25) is 0 Å². The van der Waals surface area contributed by atoms with Crippen molar-refractivity contribution in [3.8, 4) is 0 Å². The molecule has 2 atom stereocenters. The van der Waals surface area contributed by atoms with Gasteiger partial charge in [0.1, 0.15) is 0 Å². The first-order chi connectivity index (χ1) is 5.63. The van der Waals surface area contributed by atoms with Gasteiger partial charge in [-0.05, 0) is 12.8 Å². The molecule has 0 aromatic heterocycles. The smallest absolute Gasteiger partial charge is 0.221 e. The molecule has 68 valence electrons. The summed E-state index contributed by atoms with van der Waals surface area (Å²) in [4.78, 5) is 21.8. The standard InChI is InChI=1S/C8H14N2O2/c9-7(11)5-3-1-2-4-6(5)8(10)12/h5-6H,1-4H2,(H2,9,11)(H2,10,12)/t5-,6-/m1/s1. The van der Waals surface area contributed by atoms with Crippen molar-refractivity contribution in [1.29, 1.82) is 0 Å². The third-order valence-corrected chi connectivity index (χ3v) is 2.50. The van der Waals surface area contributed by atoms with Crippen molar-refractivity contribution in [3.05, 3.63) is 0 Å². The van der Waals surface area contributed by atoms with Crippen LogP contribution in [-0.4, -0.2) is 11.8 Å². The van der Waals surface area contributed by atoms with Gasteiger partial charge in [-0.25, -0.2) is 0 Å². The second-order valence-electron chi connectivity index (χ2n) is 3.30. The van der Waals surface area contributed by atoms with Crippen LogP contribution in [0.4, 0.5) is 0 Å². The van der Waals surface area contributed by atoms with Gasteiger partial charge in [-0.15, -0.1) is 0 Å². The van der Waals surface area contributed by atoms with Gasteiger partial charge < -0.3 is 11.5 Å². The molecular weight excluding hydrogens is 156 g/mol. The fourth-order valence-electron chi connectivity index (χ4n) is 1.81. The normalized spacial score (nSPS) is 29.7. The van der Waals surface area contributed by atoms with Crippen LogP contribution in [0.1, 0.15) is 25.7 Å². The van der Waals surface area contributed by atoms with E-state index in [0.29, 0.717) is 12.8 Å². The summed E-state index contributed by atoms with van der Waals surface area (Å²) in [5.74, 6) is -1.43. The summed E-state index contributed by atoms with van der Waals surface area (Å²) in [5, 5.41) is 0. The molecule has 0 bridgehead atoms. The maximum absolute atomic E-state index is 10.9. The minimum atomic E-state index is -0.390. The van der Waals surface area contributed by atoms with Gasteiger partial charge >= 0.3 is 0 Å². The van der Waals surface area contributed by atoms with E-state index in [1.807, 2.05) is 0 Å². The molecule has 0 heterocycles. The zero-order valence-corrected chi connectivity index (χ0v) is 6.95. The van der Waals surface area contributed by atoms with E-state index in [1.165, 1.54) is 0 Å². The third kappa shape index (κ3) is 1.75. The number of nitrogens with two attached hydrogens (primary N) is 2. The lowest BCUT2D eigenvalue weighted by molar-refractivity contribution is -0.133. The molecule has 1 aliphatic rings. The van der Waals surface area contributed by atoms with Gasteiger partial charge in [0.2, 0.25) is 11.8 Å². The van der Waals surface area contributed by atoms with Gasteiger partial charge in [0, 0.05) is 11.8 Å². The Bertz CT molecular complexity index is 181. The lowest BCUT2D eigenvalue weighted by Crippen LogP contribution is -2.39. The largest absolute Gasteiger partial charge is 0.369 e. The van der Waals surface area contributed by atoms with E-state index in [2.05, 4.69) is 0 Å². The predicted octanol–water partition coefficient (Wildman–Crippen LogP) is -0.237. The minimum Gasteiger partial charge on any atom is -0.369 e. The average molecular weight is 170 g/mol. The van der Waals surface area contributed by atoms with E-state index in [9.17, 15) is 9.59 Å². The van der Waals surface area contributed by atoms with Gasteiger partial charge in [-0.2, -0.15) is 0 Å². The van der Waals surface area contributed by atoms with Crippen molar-refractivity contribution in [2.24, 2.45) is 23.3 Å². The Morgan fingerprint density at radius 2 is 1.25 bits per heavy atom. The highest BCUT2D eigenvalue weighted by molar-refractivity contribution is 5.86. The molecule has 2 amide bonds. The molecular formula is C8H14N2O2. The van der Waals surface area contributed by atoms with E-state index in [1.54, 1.807) is 0 Å². The third-order valence-electron chi connectivity index (χ3n) is 2.50. The summed E-state index contributed by atoms with van der Waals surface area (Å²) in [6.45, 7) is 0. The molecule has 0 aliphatic heterocycles. The molecule has 0 unspecified atom stereocenters. The first kappa shape index (κ1) is 9.03. The lowest BCUT2D eigenvalue weighted by Gasteiger charge is -2.26. The highest BCUT2D eigenvalue weighted by atomic mass is 16.2. The van der Waals surface area contributed by atoms with E-state index in [0.717, 1.165) is 12.8 Å². The Hall–Kier alpha value is -1.06. The second-order valence-corrected chi connectivity index (χ2v) is 3.30. The monoisotopic (exact) mass is 170 g/mol. The maximum Gasteiger partial charge on any atom is 0.221 e. The van der Waals surface area contributed by atoms with Crippen LogP contribution >= 0.6 is 0 Å². The summed E-state index contributed by atoms with van der Waals surface area (Å²) in [5.41, 5.74) is 10.3. The van der Waals surface area contributed by atoms with E-state index in [-0.39, 0.29) is 11.8 Å². The second kappa shape index (κ2) is 3.56. The number of primary amides is 2. The van der Waals surface area contributed by atoms with Crippen LogP contribution in [0.5, 0.6) is 0 Å². The van der Waals surface area contributed by atoms with Crippen molar-refractivity contribution in [2.45, 2.75) is 25.7 Å². The van der Waals surface area contributed by atoms with Gasteiger partial charge in [-0.3, -0.25) is 9.59 Å². The van der Waals surface area contributed by atoms with Gasteiger partial charge in [-0.1, -0.05) is 12.8 Å². The molecule has 4 nitrogen and oxygen atoms in total. The quantitative estimate of drug-likeness (QED) is 0.599. The van der Waals surface area contributed by atoms with E-state index >= 15 is 0 Å². The first-order valence-corrected chi connectivity index (χ1v) is 4.21. The van der Waals surface area contributed by atoms with Crippen molar-refractivity contribution < 1.29 is 9.59 Å². The van der Waals surface area contributed by atoms with Crippen molar-refractivity contribution in [3.63, 3.8) is 0 Å². The highest BCUT2D eigenvalue weighted by Gasteiger charge is 2.32. The predicted molar refractivity (Wildman–Crippen MR) is 43.8 cm³/mol. The van der Waals surface area contributed by atoms with Crippen LogP contribution in [-0.2, 0) is 9.59 Å². The average Bonchev–Trinajstić information content (AvgIpc) is 2.04. The molecule has 0 radical (unpaired) electrons. The van der Waals surface area contributed by atoms with Crippen LogP contribution in [0, 0.1) is 11.8 Å². The number of carbonyl (C=O) groups is 2. The molecule has 0 spiro atoms. The summed E-state index contributed by atoms with van der Waals surface area (Å²) >= 11 is 0. The van der Waals surface area contributed by atoms with Crippen molar-refractivity contribution in [2.75, 3.05) is 0 Å². The molecule has 0 saturated heterocycles. The molecule has 1 fully saturated rings. The molecule has 4 N–H and O–H groups in total. The van der Waals surface area contributed by atoms with Crippen LogP contribution in [0.15, 0.2) is 0 Å². The van der Waals surface area contributed by atoms with E-state index in [4.69, 9.17) is 11.5 Å². The van der Waals surface area contributed by atoms with Crippen molar-refractivity contribution in [1.82, 2.24) is 0 Å². The summed E-state index contributed by atoms with van der Waals surface area (Å²) in [6, 6.07) is 0. The lowest BCUT2D eigenvalue weighted by atomic mass is 9.78. The Morgan fingerprint density at radius 1 is 0.917 bits per heavy atom. The Balaban J connectivity index is 2.67. The van der Waals surface area contributed by atoms with Crippen LogP contribution < -0.4 is 11.5 Å². The number of hydrogen-bond donors (Lipinski definition) is 2. The fourth-order valence-corrected chi connectivity index (χ4v) is 1.81. The zero-order valence-electron chi connectivity index (χ0n) is 6.95. The number of amides is 2.